The lowest BCUT2D eigenvalue weighted by Crippen LogP contribution is -2.30. The zero-order chi connectivity index (χ0) is 22.5. The van der Waals surface area contributed by atoms with Gasteiger partial charge in [0.25, 0.3) is 0 Å². The predicted molar refractivity (Wildman–Crippen MR) is 128 cm³/mol. The molecule has 1 amide bonds. The van der Waals surface area contributed by atoms with Crippen molar-refractivity contribution in [3.63, 3.8) is 0 Å². The van der Waals surface area contributed by atoms with Crippen LogP contribution in [0.1, 0.15) is 41.8 Å². The average molecular weight is 441 g/mol. The standard InChI is InChI=1S/C27H28N4O2/c1-17-13-22(23-8-5-19-3-2-4-21(19)15-23)9-10-24(17)31-25(28-29-27(31)33)14-18-11-12-30(16-18)26(32)20-6-7-20/h2-3,5,8-10,13,15,18,20H,4,6-7,11-12,14,16H2,1H3,(H,29,33)/t18-/m0/s1. The van der Waals surface area contributed by atoms with Gasteiger partial charge in [0.1, 0.15) is 5.82 Å². The van der Waals surface area contributed by atoms with Crippen molar-refractivity contribution in [2.75, 3.05) is 13.1 Å². The lowest BCUT2D eigenvalue weighted by atomic mass is 9.98. The largest absolute Gasteiger partial charge is 0.347 e. The third kappa shape index (κ3) is 3.73. The van der Waals surface area contributed by atoms with Crippen LogP contribution in [0, 0.1) is 18.8 Å². The van der Waals surface area contributed by atoms with Gasteiger partial charge in [0.15, 0.2) is 0 Å². The fourth-order valence-electron chi connectivity index (χ4n) is 5.28. The molecule has 1 atom stereocenters. The number of nitrogens with one attached hydrogen (secondary N) is 1. The molecule has 6 nitrogen and oxygen atoms in total. The molecule has 3 aromatic rings. The first-order chi connectivity index (χ1) is 16.1. The van der Waals surface area contributed by atoms with Crippen molar-refractivity contribution < 1.29 is 4.79 Å². The summed E-state index contributed by atoms with van der Waals surface area (Å²) in [5.74, 6) is 1.65. The molecule has 0 spiro atoms. The topological polar surface area (TPSA) is 71.0 Å². The lowest BCUT2D eigenvalue weighted by molar-refractivity contribution is -0.131. The molecule has 6 rings (SSSR count). The predicted octanol–water partition coefficient (Wildman–Crippen LogP) is 3.91. The Morgan fingerprint density at radius 1 is 1.12 bits per heavy atom. The van der Waals surface area contributed by atoms with Crippen molar-refractivity contribution in [3.05, 3.63) is 75.5 Å². The van der Waals surface area contributed by atoms with Crippen LogP contribution in [0.5, 0.6) is 0 Å². The molecule has 33 heavy (non-hydrogen) atoms. The maximum Gasteiger partial charge on any atom is 0.347 e. The fourth-order valence-corrected chi connectivity index (χ4v) is 5.28. The monoisotopic (exact) mass is 440 g/mol. The number of hydrogen-bond donors (Lipinski definition) is 1. The number of fused-ring (bicyclic) bond motifs is 1. The number of H-pyrrole nitrogens is 1. The van der Waals surface area contributed by atoms with E-state index in [9.17, 15) is 9.59 Å². The molecule has 0 bridgehead atoms. The molecule has 2 fully saturated rings. The van der Waals surface area contributed by atoms with Crippen LogP contribution in [0.15, 0.2) is 47.3 Å². The van der Waals surface area contributed by atoms with Gasteiger partial charge in [0.05, 0.1) is 5.69 Å². The number of likely N-dealkylation sites (tertiary alicyclic amines) is 1. The third-order valence-electron chi connectivity index (χ3n) is 7.29. The summed E-state index contributed by atoms with van der Waals surface area (Å²) in [4.78, 5) is 27.1. The van der Waals surface area contributed by atoms with E-state index >= 15 is 0 Å². The van der Waals surface area contributed by atoms with Gasteiger partial charge in [-0.2, -0.15) is 5.10 Å². The van der Waals surface area contributed by atoms with Gasteiger partial charge in [-0.15, -0.1) is 0 Å². The number of nitrogens with zero attached hydrogens (tertiary/aromatic N) is 3. The molecule has 1 saturated heterocycles. The summed E-state index contributed by atoms with van der Waals surface area (Å²) in [5.41, 5.74) is 6.67. The van der Waals surface area contributed by atoms with E-state index in [1.165, 1.54) is 16.7 Å². The SMILES string of the molecule is Cc1cc(-c2ccc3c(c2)CC=C3)ccc1-n1c(C[C@@H]2CCN(C(=O)C3CC3)C2)n[nH]c1=O. The third-order valence-corrected chi connectivity index (χ3v) is 7.29. The van der Waals surface area contributed by atoms with E-state index in [4.69, 9.17) is 0 Å². The minimum Gasteiger partial charge on any atom is -0.342 e. The molecule has 0 radical (unpaired) electrons. The second-order valence-corrected chi connectivity index (χ2v) is 9.72. The summed E-state index contributed by atoms with van der Waals surface area (Å²) in [5, 5.41) is 6.99. The molecular weight excluding hydrogens is 412 g/mol. The Morgan fingerprint density at radius 2 is 1.94 bits per heavy atom. The van der Waals surface area contributed by atoms with Crippen molar-refractivity contribution in [2.45, 2.75) is 39.0 Å². The Labute approximate surface area is 192 Å². The van der Waals surface area contributed by atoms with Crippen molar-refractivity contribution >= 4 is 12.0 Å². The zero-order valence-electron chi connectivity index (χ0n) is 18.9. The first-order valence-electron chi connectivity index (χ1n) is 11.9. The van der Waals surface area contributed by atoms with Gasteiger partial charge in [-0.05, 0) is 78.5 Å². The van der Waals surface area contributed by atoms with Crippen LogP contribution in [-0.2, 0) is 17.6 Å². The van der Waals surface area contributed by atoms with Crippen molar-refractivity contribution in [1.29, 1.82) is 0 Å². The lowest BCUT2D eigenvalue weighted by Gasteiger charge is -2.16. The molecular formula is C27H28N4O2. The number of aromatic nitrogens is 3. The molecule has 1 saturated carbocycles. The first kappa shape index (κ1) is 20.2. The highest BCUT2D eigenvalue weighted by Gasteiger charge is 2.37. The number of aryl methyl sites for hydroxylation is 1. The Hall–Kier alpha value is -3.41. The van der Waals surface area contributed by atoms with Gasteiger partial charge < -0.3 is 4.90 Å². The highest BCUT2D eigenvalue weighted by Crippen LogP contribution is 2.33. The summed E-state index contributed by atoms with van der Waals surface area (Å²) in [6, 6.07) is 12.8. The minimum absolute atomic E-state index is 0.214. The molecule has 1 N–H and O–H groups in total. The highest BCUT2D eigenvalue weighted by molar-refractivity contribution is 5.81. The maximum atomic E-state index is 12.7. The number of aromatic amines is 1. The second-order valence-electron chi connectivity index (χ2n) is 9.72. The molecule has 6 heteroatoms. The molecule has 2 aromatic carbocycles. The molecule has 168 valence electrons. The average Bonchev–Trinajstić information content (AvgIpc) is 3.21. The van der Waals surface area contributed by atoms with Crippen LogP contribution in [0.3, 0.4) is 0 Å². The van der Waals surface area contributed by atoms with Gasteiger partial charge in [-0.25, -0.2) is 14.5 Å². The molecule has 1 aliphatic heterocycles. The van der Waals surface area contributed by atoms with Crippen LogP contribution in [0.2, 0.25) is 0 Å². The quantitative estimate of drug-likeness (QED) is 0.654. The number of allylic oxidation sites excluding steroid dienone is 1. The van der Waals surface area contributed by atoms with E-state index in [0.717, 1.165) is 61.4 Å². The van der Waals surface area contributed by atoms with E-state index in [-0.39, 0.29) is 11.6 Å². The van der Waals surface area contributed by atoms with Crippen LogP contribution >= 0.6 is 0 Å². The van der Waals surface area contributed by atoms with E-state index in [2.05, 4.69) is 52.7 Å². The molecule has 3 aliphatic rings. The number of rotatable bonds is 5. The van der Waals surface area contributed by atoms with Gasteiger partial charge in [0.2, 0.25) is 5.91 Å². The van der Waals surface area contributed by atoms with Gasteiger partial charge in [0, 0.05) is 25.4 Å². The fraction of sp³-hybridized carbons (Fsp3) is 0.370. The minimum atomic E-state index is -0.214. The highest BCUT2D eigenvalue weighted by atomic mass is 16.2. The summed E-state index contributed by atoms with van der Waals surface area (Å²) in [7, 11) is 0. The number of hydrogen-bond acceptors (Lipinski definition) is 3. The summed E-state index contributed by atoms with van der Waals surface area (Å²) in [6.07, 6.45) is 9.08. The molecule has 2 heterocycles. The molecule has 2 aliphatic carbocycles. The Bertz CT molecular complexity index is 1330. The summed E-state index contributed by atoms with van der Waals surface area (Å²) >= 11 is 0. The smallest absolute Gasteiger partial charge is 0.342 e. The van der Waals surface area contributed by atoms with Gasteiger partial charge >= 0.3 is 5.69 Å². The van der Waals surface area contributed by atoms with E-state index < -0.39 is 0 Å². The molecule has 0 unspecified atom stereocenters. The number of carbonyl (C=O) groups excluding carboxylic acids is 1. The Morgan fingerprint density at radius 3 is 2.76 bits per heavy atom. The van der Waals surface area contributed by atoms with E-state index in [1.807, 2.05) is 17.9 Å². The van der Waals surface area contributed by atoms with Crippen LogP contribution in [0.25, 0.3) is 22.9 Å². The maximum absolute atomic E-state index is 12.7. The number of carbonyl (C=O) groups is 1. The zero-order valence-corrected chi connectivity index (χ0v) is 18.9. The molecule has 1 aromatic heterocycles. The van der Waals surface area contributed by atoms with Gasteiger partial charge in [-0.1, -0.05) is 36.4 Å². The first-order valence-corrected chi connectivity index (χ1v) is 11.9. The van der Waals surface area contributed by atoms with Crippen molar-refractivity contribution in [1.82, 2.24) is 19.7 Å². The normalized spacial score (nSPS) is 19.3. The van der Waals surface area contributed by atoms with Crippen LogP contribution in [0.4, 0.5) is 0 Å². The number of benzene rings is 2. The Balaban J connectivity index is 1.24. The van der Waals surface area contributed by atoms with E-state index in [1.54, 1.807) is 4.57 Å². The van der Waals surface area contributed by atoms with Crippen molar-refractivity contribution in [3.8, 4) is 16.8 Å². The van der Waals surface area contributed by atoms with E-state index in [0.29, 0.717) is 18.2 Å². The Kier molecular flexibility index (Phi) is 4.82. The number of amides is 1. The summed E-state index contributed by atoms with van der Waals surface area (Å²) < 4.78 is 1.71. The van der Waals surface area contributed by atoms with Gasteiger partial charge in [-0.3, -0.25) is 4.79 Å². The van der Waals surface area contributed by atoms with Crippen LogP contribution < -0.4 is 5.69 Å². The van der Waals surface area contributed by atoms with Crippen LogP contribution in [-0.4, -0.2) is 38.7 Å². The second kappa shape index (κ2) is 7.87. The summed E-state index contributed by atoms with van der Waals surface area (Å²) in [6.45, 7) is 3.63. The van der Waals surface area contributed by atoms with Crippen molar-refractivity contribution in [2.24, 2.45) is 11.8 Å².